The normalized spacial score (nSPS) is 14.7. The van der Waals surface area contributed by atoms with Gasteiger partial charge in [0.05, 0.1) is 0 Å². The van der Waals surface area contributed by atoms with Crippen molar-refractivity contribution in [3.05, 3.63) is 47.0 Å². The number of amidine groups is 2. The minimum atomic E-state index is 0.117. The maximum Gasteiger partial charge on any atom is 0.131 e. The van der Waals surface area contributed by atoms with E-state index in [1.54, 1.807) is 0 Å². The van der Waals surface area contributed by atoms with Crippen molar-refractivity contribution in [1.82, 2.24) is 5.32 Å². The highest BCUT2D eigenvalue weighted by molar-refractivity contribution is 6.24. The first-order valence-electron chi connectivity index (χ1n) is 6.39. The summed E-state index contributed by atoms with van der Waals surface area (Å²) in [5.74, 6) is 0.643. The zero-order valence-corrected chi connectivity index (χ0v) is 11.4. The van der Waals surface area contributed by atoms with Crippen LogP contribution in [0.2, 0.25) is 0 Å². The SMILES string of the molecule is CC(C)(C)c1ccc2cc3c(cc2c1)C(=N)NC3=N. The molecule has 0 unspecified atom stereocenters. The molecule has 3 heteroatoms. The second kappa shape index (κ2) is 3.67. The molecule has 19 heavy (non-hydrogen) atoms. The van der Waals surface area contributed by atoms with Gasteiger partial charge in [-0.15, -0.1) is 0 Å². The van der Waals surface area contributed by atoms with Crippen molar-refractivity contribution >= 4 is 22.4 Å². The molecule has 0 aromatic heterocycles. The number of benzene rings is 2. The van der Waals surface area contributed by atoms with E-state index >= 15 is 0 Å². The Hall–Kier alpha value is -2.16. The number of fused-ring (bicyclic) bond motifs is 2. The summed E-state index contributed by atoms with van der Waals surface area (Å²) in [6.07, 6.45) is 0. The van der Waals surface area contributed by atoms with Gasteiger partial charge in [-0.2, -0.15) is 0 Å². The molecule has 0 aliphatic carbocycles. The van der Waals surface area contributed by atoms with Crippen molar-refractivity contribution < 1.29 is 0 Å². The summed E-state index contributed by atoms with van der Waals surface area (Å²) >= 11 is 0. The predicted molar refractivity (Wildman–Crippen MR) is 79.4 cm³/mol. The van der Waals surface area contributed by atoms with E-state index in [0.717, 1.165) is 21.9 Å². The van der Waals surface area contributed by atoms with E-state index < -0.39 is 0 Å². The average Bonchev–Trinajstić information content (AvgIpc) is 2.60. The van der Waals surface area contributed by atoms with Crippen LogP contribution in [0.1, 0.15) is 37.5 Å². The van der Waals surface area contributed by atoms with Crippen LogP contribution >= 0.6 is 0 Å². The molecule has 1 heterocycles. The van der Waals surface area contributed by atoms with E-state index in [2.05, 4.69) is 44.3 Å². The summed E-state index contributed by atoms with van der Waals surface area (Å²) in [7, 11) is 0. The minimum absolute atomic E-state index is 0.117. The maximum absolute atomic E-state index is 7.86. The highest BCUT2D eigenvalue weighted by atomic mass is 15.0. The Morgan fingerprint density at radius 3 is 2.00 bits per heavy atom. The summed E-state index contributed by atoms with van der Waals surface area (Å²) in [4.78, 5) is 0. The summed E-state index contributed by atoms with van der Waals surface area (Å²) in [6, 6.07) is 10.4. The first-order valence-corrected chi connectivity index (χ1v) is 6.39. The molecule has 2 aromatic carbocycles. The Bertz CT molecular complexity index is 721. The average molecular weight is 251 g/mol. The lowest BCUT2D eigenvalue weighted by atomic mass is 9.85. The van der Waals surface area contributed by atoms with Crippen molar-refractivity contribution in [2.45, 2.75) is 26.2 Å². The summed E-state index contributed by atoms with van der Waals surface area (Å²) in [5, 5.41) is 20.7. The third kappa shape index (κ3) is 1.82. The highest BCUT2D eigenvalue weighted by Gasteiger charge is 2.22. The molecule has 0 fully saturated rings. The molecule has 3 nitrogen and oxygen atoms in total. The lowest BCUT2D eigenvalue weighted by Crippen LogP contribution is -2.20. The maximum atomic E-state index is 7.86. The van der Waals surface area contributed by atoms with Crippen LogP contribution in [0.5, 0.6) is 0 Å². The molecule has 2 aromatic rings. The van der Waals surface area contributed by atoms with E-state index in [-0.39, 0.29) is 5.41 Å². The Balaban J connectivity index is 2.26. The molecule has 0 spiro atoms. The number of hydrogen-bond donors (Lipinski definition) is 3. The van der Waals surface area contributed by atoms with Gasteiger partial charge in [0.15, 0.2) is 0 Å². The van der Waals surface area contributed by atoms with Crippen molar-refractivity contribution in [1.29, 1.82) is 10.8 Å². The van der Waals surface area contributed by atoms with Crippen LogP contribution in [0.4, 0.5) is 0 Å². The van der Waals surface area contributed by atoms with Gasteiger partial charge in [-0.1, -0.05) is 39.0 Å². The van der Waals surface area contributed by atoms with Gasteiger partial charge < -0.3 is 5.32 Å². The molecule has 1 aliphatic heterocycles. The second-order valence-corrected chi connectivity index (χ2v) is 6.08. The molecular formula is C16H17N3. The van der Waals surface area contributed by atoms with Crippen LogP contribution in [0, 0.1) is 10.8 Å². The van der Waals surface area contributed by atoms with Crippen LogP contribution in [-0.4, -0.2) is 11.7 Å². The van der Waals surface area contributed by atoms with Gasteiger partial charge in [0.25, 0.3) is 0 Å². The molecule has 0 amide bonds. The fourth-order valence-electron chi connectivity index (χ4n) is 2.44. The van der Waals surface area contributed by atoms with E-state index in [9.17, 15) is 0 Å². The van der Waals surface area contributed by atoms with Gasteiger partial charge in [-0.05, 0) is 33.9 Å². The molecule has 96 valence electrons. The third-order valence-corrected chi connectivity index (χ3v) is 3.63. The van der Waals surface area contributed by atoms with E-state index in [4.69, 9.17) is 10.8 Å². The molecule has 3 rings (SSSR count). The number of nitrogens with one attached hydrogen (secondary N) is 3. The fraction of sp³-hybridized carbons (Fsp3) is 0.250. The summed E-state index contributed by atoms with van der Waals surface area (Å²) < 4.78 is 0. The molecule has 0 atom stereocenters. The van der Waals surface area contributed by atoms with Gasteiger partial charge in [-0.3, -0.25) is 10.8 Å². The van der Waals surface area contributed by atoms with Crippen LogP contribution in [-0.2, 0) is 5.41 Å². The molecule has 0 bridgehead atoms. The third-order valence-electron chi connectivity index (χ3n) is 3.63. The smallest absolute Gasteiger partial charge is 0.131 e. The van der Waals surface area contributed by atoms with Crippen molar-refractivity contribution in [3.8, 4) is 0 Å². The quantitative estimate of drug-likeness (QED) is 0.660. The highest BCUT2D eigenvalue weighted by Crippen LogP contribution is 2.29. The Morgan fingerprint density at radius 1 is 0.842 bits per heavy atom. The first kappa shape index (κ1) is 11.9. The fourth-order valence-corrected chi connectivity index (χ4v) is 2.44. The summed E-state index contributed by atoms with van der Waals surface area (Å²) in [5.41, 5.74) is 3.04. The molecule has 0 saturated carbocycles. The van der Waals surface area contributed by atoms with E-state index in [1.165, 1.54) is 5.56 Å². The first-order chi connectivity index (χ1) is 8.86. The lowest BCUT2D eigenvalue weighted by Gasteiger charge is -2.19. The topological polar surface area (TPSA) is 59.7 Å². The van der Waals surface area contributed by atoms with Crippen molar-refractivity contribution in [3.63, 3.8) is 0 Å². The molecular weight excluding hydrogens is 234 g/mol. The number of rotatable bonds is 0. The van der Waals surface area contributed by atoms with Gasteiger partial charge in [0.2, 0.25) is 0 Å². The predicted octanol–water partition coefficient (Wildman–Crippen LogP) is 3.39. The molecule has 1 aliphatic rings. The van der Waals surface area contributed by atoms with Crippen LogP contribution in [0.15, 0.2) is 30.3 Å². The molecule has 0 saturated heterocycles. The lowest BCUT2D eigenvalue weighted by molar-refractivity contribution is 0.591. The zero-order valence-electron chi connectivity index (χ0n) is 11.4. The standard InChI is InChI=1S/C16H17N3/c1-16(2,3)11-5-4-9-7-12-13(8-10(9)6-11)15(18)19-14(12)17/h4-8H,1-3H3,(H3,17,18,19). The van der Waals surface area contributed by atoms with Gasteiger partial charge in [0, 0.05) is 11.1 Å². The monoisotopic (exact) mass is 251 g/mol. The van der Waals surface area contributed by atoms with Gasteiger partial charge in [-0.25, -0.2) is 0 Å². The Kier molecular flexibility index (Phi) is 2.30. The van der Waals surface area contributed by atoms with E-state index in [1.807, 2.05) is 12.1 Å². The van der Waals surface area contributed by atoms with Crippen LogP contribution < -0.4 is 5.32 Å². The minimum Gasteiger partial charge on any atom is -0.325 e. The van der Waals surface area contributed by atoms with Gasteiger partial charge >= 0.3 is 0 Å². The van der Waals surface area contributed by atoms with Crippen LogP contribution in [0.25, 0.3) is 10.8 Å². The summed E-state index contributed by atoms with van der Waals surface area (Å²) in [6.45, 7) is 6.59. The van der Waals surface area contributed by atoms with Crippen molar-refractivity contribution in [2.24, 2.45) is 0 Å². The largest absolute Gasteiger partial charge is 0.325 e. The molecule has 3 N–H and O–H groups in total. The van der Waals surface area contributed by atoms with Crippen LogP contribution in [0.3, 0.4) is 0 Å². The van der Waals surface area contributed by atoms with E-state index in [0.29, 0.717) is 11.7 Å². The number of hydrogen-bond acceptors (Lipinski definition) is 2. The Labute approximate surface area is 112 Å². The molecule has 0 radical (unpaired) electrons. The zero-order chi connectivity index (χ0) is 13.8. The van der Waals surface area contributed by atoms with Crippen molar-refractivity contribution in [2.75, 3.05) is 0 Å². The Morgan fingerprint density at radius 2 is 1.42 bits per heavy atom. The van der Waals surface area contributed by atoms with Gasteiger partial charge in [0.1, 0.15) is 11.7 Å². The second-order valence-electron chi connectivity index (χ2n) is 6.08.